The maximum absolute atomic E-state index is 12.9. The molecule has 0 aliphatic carbocycles. The van der Waals surface area contributed by atoms with Gasteiger partial charge < -0.3 is 19.8 Å². The summed E-state index contributed by atoms with van der Waals surface area (Å²) in [4.78, 5) is 32.7. The Hall–Kier alpha value is -3.52. The molecule has 31 heavy (non-hydrogen) atoms. The third-order valence-electron chi connectivity index (χ3n) is 5.03. The lowest BCUT2D eigenvalue weighted by atomic mass is 10.2. The van der Waals surface area contributed by atoms with Gasteiger partial charge in [-0.1, -0.05) is 23.7 Å². The van der Waals surface area contributed by atoms with Crippen LogP contribution in [-0.4, -0.2) is 34.7 Å². The van der Waals surface area contributed by atoms with E-state index in [1.807, 2.05) is 12.1 Å². The number of aromatic nitrogens is 3. The fourth-order valence-corrected chi connectivity index (χ4v) is 3.65. The highest BCUT2D eigenvalue weighted by Gasteiger charge is 2.15. The average molecular weight is 441 g/mol. The lowest BCUT2D eigenvalue weighted by Crippen LogP contribution is -2.27. The standard InChI is InChI=1S/C22H21ClN4O4/c1-30-17-9-15-16(10-18(17)31-2)26-21-20(15)25-12-27(22(21)29)7-6-19(28)24-11-13-4-3-5-14(23)8-13/h3-5,8-10,12,26H,6-7,11H2,1-2H3,(H,24,28). The fraction of sp³-hybridized carbons (Fsp3) is 0.227. The molecule has 160 valence electrons. The van der Waals surface area contributed by atoms with Crippen molar-refractivity contribution in [2.75, 3.05) is 14.2 Å². The highest BCUT2D eigenvalue weighted by molar-refractivity contribution is 6.30. The van der Waals surface area contributed by atoms with Gasteiger partial charge in [-0.2, -0.15) is 0 Å². The molecule has 2 aromatic carbocycles. The third kappa shape index (κ3) is 4.20. The molecule has 4 rings (SSSR count). The minimum atomic E-state index is -0.248. The number of hydrogen-bond acceptors (Lipinski definition) is 5. The zero-order valence-corrected chi connectivity index (χ0v) is 17.8. The first-order valence-corrected chi connectivity index (χ1v) is 10.0. The largest absolute Gasteiger partial charge is 0.493 e. The number of benzene rings is 2. The molecule has 8 nitrogen and oxygen atoms in total. The zero-order valence-electron chi connectivity index (χ0n) is 17.1. The number of carbonyl (C=O) groups excluding carboxylic acids is 1. The second-order valence-electron chi connectivity index (χ2n) is 7.00. The van der Waals surface area contributed by atoms with E-state index in [0.29, 0.717) is 39.6 Å². The van der Waals surface area contributed by atoms with Crippen LogP contribution < -0.4 is 20.3 Å². The number of carbonyl (C=O) groups is 1. The molecule has 0 saturated carbocycles. The Morgan fingerprint density at radius 2 is 1.97 bits per heavy atom. The number of aryl methyl sites for hydroxylation is 1. The van der Waals surface area contributed by atoms with Crippen LogP contribution in [0.4, 0.5) is 0 Å². The van der Waals surface area contributed by atoms with E-state index in [4.69, 9.17) is 21.1 Å². The van der Waals surface area contributed by atoms with Crippen molar-refractivity contribution in [3.63, 3.8) is 0 Å². The molecule has 0 radical (unpaired) electrons. The van der Waals surface area contributed by atoms with Gasteiger partial charge >= 0.3 is 0 Å². The van der Waals surface area contributed by atoms with Crippen LogP contribution in [0.15, 0.2) is 47.5 Å². The molecule has 2 aromatic heterocycles. The summed E-state index contributed by atoms with van der Waals surface area (Å²) < 4.78 is 12.1. The van der Waals surface area contributed by atoms with Crippen molar-refractivity contribution in [2.24, 2.45) is 0 Å². The summed E-state index contributed by atoms with van der Waals surface area (Å²) in [6.07, 6.45) is 1.61. The molecule has 0 atom stereocenters. The van der Waals surface area contributed by atoms with Crippen LogP contribution in [0.25, 0.3) is 21.9 Å². The number of halogens is 1. The molecule has 0 aliphatic rings. The highest BCUT2D eigenvalue weighted by Crippen LogP contribution is 2.34. The summed E-state index contributed by atoms with van der Waals surface area (Å²) >= 11 is 5.95. The Kier molecular flexibility index (Phi) is 5.81. The number of aromatic amines is 1. The predicted octanol–water partition coefficient (Wildman–Crippen LogP) is 3.25. The molecule has 2 heterocycles. The summed E-state index contributed by atoms with van der Waals surface area (Å²) in [5.41, 5.74) is 2.29. The van der Waals surface area contributed by atoms with Gasteiger partial charge in [-0.15, -0.1) is 0 Å². The molecule has 0 saturated heterocycles. The number of amides is 1. The molecule has 1 amide bonds. The minimum absolute atomic E-state index is 0.148. The van der Waals surface area contributed by atoms with Crippen molar-refractivity contribution in [1.82, 2.24) is 19.9 Å². The van der Waals surface area contributed by atoms with E-state index in [1.165, 1.54) is 10.9 Å². The average Bonchev–Trinajstić information content (AvgIpc) is 3.14. The monoisotopic (exact) mass is 440 g/mol. The van der Waals surface area contributed by atoms with Gasteiger partial charge in [-0.25, -0.2) is 4.98 Å². The predicted molar refractivity (Wildman–Crippen MR) is 119 cm³/mol. The maximum atomic E-state index is 12.9. The van der Waals surface area contributed by atoms with Gasteiger partial charge in [0.15, 0.2) is 11.5 Å². The van der Waals surface area contributed by atoms with Crippen LogP contribution >= 0.6 is 11.6 Å². The van der Waals surface area contributed by atoms with E-state index in [0.717, 1.165) is 10.9 Å². The molecule has 0 spiro atoms. The SMILES string of the molecule is COc1cc2[nH]c3c(=O)n(CCC(=O)NCc4cccc(Cl)c4)cnc3c2cc1OC. The Morgan fingerprint density at radius 3 is 2.71 bits per heavy atom. The summed E-state index contributed by atoms with van der Waals surface area (Å²) in [5.74, 6) is 0.939. The Bertz CT molecular complexity index is 1330. The van der Waals surface area contributed by atoms with Crippen LogP contribution in [-0.2, 0) is 17.9 Å². The number of nitrogens with zero attached hydrogens (tertiary/aromatic N) is 2. The van der Waals surface area contributed by atoms with Crippen molar-refractivity contribution < 1.29 is 14.3 Å². The van der Waals surface area contributed by atoms with Crippen molar-refractivity contribution in [3.05, 3.63) is 63.7 Å². The van der Waals surface area contributed by atoms with Crippen LogP contribution in [0.1, 0.15) is 12.0 Å². The normalized spacial score (nSPS) is 11.1. The second kappa shape index (κ2) is 8.69. The molecule has 0 aliphatic heterocycles. The van der Waals surface area contributed by atoms with Gasteiger partial charge in [-0.3, -0.25) is 14.2 Å². The summed E-state index contributed by atoms with van der Waals surface area (Å²) in [6.45, 7) is 0.586. The first kappa shape index (κ1) is 20.7. The molecule has 0 fully saturated rings. The number of hydrogen-bond donors (Lipinski definition) is 2. The van der Waals surface area contributed by atoms with Gasteiger partial charge in [-0.05, 0) is 23.8 Å². The number of H-pyrrole nitrogens is 1. The van der Waals surface area contributed by atoms with Gasteiger partial charge in [0.1, 0.15) is 11.0 Å². The van der Waals surface area contributed by atoms with E-state index >= 15 is 0 Å². The summed E-state index contributed by atoms with van der Waals surface area (Å²) in [6, 6.07) is 10.8. The molecule has 0 unspecified atom stereocenters. The zero-order chi connectivity index (χ0) is 22.0. The van der Waals surface area contributed by atoms with Crippen LogP contribution in [0.2, 0.25) is 5.02 Å². The summed E-state index contributed by atoms with van der Waals surface area (Å²) in [7, 11) is 3.10. The molecular weight excluding hydrogens is 420 g/mol. The first-order valence-electron chi connectivity index (χ1n) is 9.64. The lowest BCUT2D eigenvalue weighted by molar-refractivity contribution is -0.121. The molecule has 4 aromatic rings. The van der Waals surface area contributed by atoms with E-state index < -0.39 is 0 Å². The van der Waals surface area contributed by atoms with Gasteiger partial charge in [0.25, 0.3) is 5.56 Å². The fourth-order valence-electron chi connectivity index (χ4n) is 3.44. The summed E-state index contributed by atoms with van der Waals surface area (Å²) in [5, 5.41) is 4.21. The third-order valence-corrected chi connectivity index (χ3v) is 5.27. The van der Waals surface area contributed by atoms with Crippen LogP contribution in [0.3, 0.4) is 0 Å². The number of methoxy groups -OCH3 is 2. The van der Waals surface area contributed by atoms with E-state index in [2.05, 4.69) is 15.3 Å². The first-order chi connectivity index (χ1) is 15.0. The smallest absolute Gasteiger partial charge is 0.277 e. The van der Waals surface area contributed by atoms with E-state index in [1.54, 1.807) is 38.5 Å². The molecule has 0 bridgehead atoms. The van der Waals surface area contributed by atoms with E-state index in [9.17, 15) is 9.59 Å². The van der Waals surface area contributed by atoms with Crippen molar-refractivity contribution >= 4 is 39.4 Å². The minimum Gasteiger partial charge on any atom is -0.493 e. The highest BCUT2D eigenvalue weighted by atomic mass is 35.5. The Morgan fingerprint density at radius 1 is 1.19 bits per heavy atom. The lowest BCUT2D eigenvalue weighted by Gasteiger charge is -2.07. The van der Waals surface area contributed by atoms with Crippen molar-refractivity contribution in [3.8, 4) is 11.5 Å². The molecule has 9 heteroatoms. The van der Waals surface area contributed by atoms with Gasteiger partial charge in [0.2, 0.25) is 5.91 Å². The van der Waals surface area contributed by atoms with Gasteiger partial charge in [0, 0.05) is 36.0 Å². The Balaban J connectivity index is 1.52. The number of rotatable bonds is 7. The topological polar surface area (TPSA) is 98.2 Å². The van der Waals surface area contributed by atoms with Crippen LogP contribution in [0.5, 0.6) is 11.5 Å². The maximum Gasteiger partial charge on any atom is 0.277 e. The van der Waals surface area contributed by atoms with E-state index in [-0.39, 0.29) is 24.4 Å². The number of ether oxygens (including phenoxy) is 2. The molecular formula is C22H21ClN4O4. The van der Waals surface area contributed by atoms with Gasteiger partial charge in [0.05, 0.1) is 26.1 Å². The van der Waals surface area contributed by atoms with Crippen molar-refractivity contribution in [2.45, 2.75) is 19.5 Å². The second-order valence-corrected chi connectivity index (χ2v) is 7.44. The van der Waals surface area contributed by atoms with Crippen molar-refractivity contribution in [1.29, 1.82) is 0 Å². The van der Waals surface area contributed by atoms with Crippen LogP contribution in [0, 0.1) is 0 Å². The Labute approximate surface area is 182 Å². The number of fused-ring (bicyclic) bond motifs is 3. The number of nitrogens with one attached hydrogen (secondary N) is 2. The quantitative estimate of drug-likeness (QED) is 0.459. The molecule has 2 N–H and O–H groups in total.